The van der Waals surface area contributed by atoms with Gasteiger partial charge in [-0.05, 0) is 37.6 Å². The van der Waals surface area contributed by atoms with Gasteiger partial charge in [0.1, 0.15) is 6.10 Å². The van der Waals surface area contributed by atoms with Gasteiger partial charge in [-0.25, -0.2) is 0 Å². The van der Waals surface area contributed by atoms with Crippen molar-refractivity contribution in [2.75, 3.05) is 27.1 Å². The average Bonchev–Trinajstić information content (AvgIpc) is 2.54. The van der Waals surface area contributed by atoms with Gasteiger partial charge >= 0.3 is 0 Å². The highest BCUT2D eigenvalue weighted by molar-refractivity contribution is 5.35. The number of likely N-dealkylation sites (N-methyl/N-ethyl adjacent to an activating group) is 1. The molecule has 2 aromatic rings. The fourth-order valence-corrected chi connectivity index (χ4v) is 2.14. The Labute approximate surface area is 137 Å². The monoisotopic (exact) mass is 291 g/mol. The topological polar surface area (TPSA) is 12.5 Å². The number of ether oxygens (including phenoxy) is 1. The van der Waals surface area contributed by atoms with Crippen LogP contribution in [0.15, 0.2) is 54.6 Å². The Kier molecular flexibility index (Phi) is 4.16. The average molecular weight is 291 g/mol. The van der Waals surface area contributed by atoms with Crippen LogP contribution in [0.25, 0.3) is 0 Å². The Morgan fingerprint density at radius 3 is 2.38 bits per heavy atom. The molecule has 21 heavy (non-hydrogen) atoms. The predicted octanol–water partition coefficient (Wildman–Crippen LogP) is 4.30. The summed E-state index contributed by atoms with van der Waals surface area (Å²) in [5.74, 6) is 0. The normalized spacial score (nSPS) is 17.4. The van der Waals surface area contributed by atoms with Crippen molar-refractivity contribution in [3.8, 4) is 0 Å². The van der Waals surface area contributed by atoms with Gasteiger partial charge in [0.2, 0.25) is 0 Å². The van der Waals surface area contributed by atoms with E-state index in [9.17, 15) is 0 Å². The molecule has 0 spiro atoms. The molecular formula is C19H27NO. The van der Waals surface area contributed by atoms with E-state index in [2.05, 4.69) is 0 Å². The minimum Gasteiger partial charge on any atom is -0.367 e. The van der Waals surface area contributed by atoms with Crippen molar-refractivity contribution in [1.29, 1.82) is 0 Å². The molecule has 2 rings (SSSR count). The molecule has 0 aliphatic rings. The van der Waals surface area contributed by atoms with E-state index in [0.717, 1.165) is 16.7 Å². The van der Waals surface area contributed by atoms with Crippen molar-refractivity contribution in [3.05, 3.63) is 71.3 Å². The second-order valence-electron chi connectivity index (χ2n) is 4.67. The lowest BCUT2D eigenvalue weighted by Gasteiger charge is -2.22. The molecule has 2 nitrogen and oxygen atoms in total. The standard InChI is InChI=1S/C18H23NO.CH4/c1-15-9-7-8-12-17(15)18(20-14-13-19(2)3)16-10-5-4-6-11-16;/h4-12,18H,13-14H2,1-3H3;1H4/i2D3,3D3;. The van der Waals surface area contributed by atoms with Crippen LogP contribution < -0.4 is 0 Å². The summed E-state index contributed by atoms with van der Waals surface area (Å²) in [7, 11) is 0. The van der Waals surface area contributed by atoms with Crippen LogP contribution in [0.4, 0.5) is 0 Å². The van der Waals surface area contributed by atoms with E-state index in [-0.39, 0.29) is 20.6 Å². The number of nitrogens with zero attached hydrogens (tertiary/aromatic N) is 1. The first kappa shape index (κ1) is 10.1. The van der Waals surface area contributed by atoms with Crippen molar-refractivity contribution >= 4 is 0 Å². The van der Waals surface area contributed by atoms with Crippen LogP contribution in [0, 0.1) is 6.92 Å². The molecule has 0 saturated carbocycles. The van der Waals surface area contributed by atoms with Crippen molar-refractivity contribution < 1.29 is 13.0 Å². The largest absolute Gasteiger partial charge is 0.367 e. The van der Waals surface area contributed by atoms with Crippen molar-refractivity contribution in [2.24, 2.45) is 0 Å². The summed E-state index contributed by atoms with van der Waals surface area (Å²) in [6.45, 7) is -3.68. The zero-order chi connectivity index (χ0) is 19.4. The van der Waals surface area contributed by atoms with Crippen LogP contribution >= 0.6 is 0 Å². The van der Waals surface area contributed by atoms with Gasteiger partial charge in [-0.1, -0.05) is 62.0 Å². The summed E-state index contributed by atoms with van der Waals surface area (Å²) in [4.78, 5) is 0.514. The van der Waals surface area contributed by atoms with E-state index in [4.69, 9.17) is 13.0 Å². The van der Waals surface area contributed by atoms with Gasteiger partial charge in [0, 0.05) is 14.8 Å². The highest BCUT2D eigenvalue weighted by Crippen LogP contribution is 2.28. The Morgan fingerprint density at radius 2 is 1.71 bits per heavy atom. The molecule has 0 aliphatic heterocycles. The first-order valence-electron chi connectivity index (χ1n) is 9.60. The Balaban J connectivity index is 0.00000364. The molecule has 0 bridgehead atoms. The van der Waals surface area contributed by atoms with E-state index in [1.54, 1.807) is 0 Å². The second-order valence-corrected chi connectivity index (χ2v) is 4.67. The zero-order valence-corrected chi connectivity index (χ0v) is 11.5. The third-order valence-corrected chi connectivity index (χ3v) is 3.17. The van der Waals surface area contributed by atoms with Gasteiger partial charge in [0.25, 0.3) is 0 Å². The lowest BCUT2D eigenvalue weighted by Crippen LogP contribution is -2.20. The van der Waals surface area contributed by atoms with Crippen molar-refractivity contribution in [2.45, 2.75) is 20.5 Å². The predicted molar refractivity (Wildman–Crippen MR) is 90.7 cm³/mol. The van der Waals surface area contributed by atoms with E-state index in [1.165, 1.54) is 0 Å². The third kappa shape index (κ3) is 5.00. The number of benzene rings is 2. The fourth-order valence-electron chi connectivity index (χ4n) is 2.14. The Bertz CT molecular complexity index is 685. The molecule has 0 saturated heterocycles. The zero-order valence-electron chi connectivity index (χ0n) is 17.5. The van der Waals surface area contributed by atoms with Crippen molar-refractivity contribution in [3.63, 3.8) is 0 Å². The van der Waals surface area contributed by atoms with Crippen LogP contribution in [0.1, 0.15) is 38.4 Å². The summed E-state index contributed by atoms with van der Waals surface area (Å²) in [5, 5.41) is 0. The van der Waals surface area contributed by atoms with Gasteiger partial charge in [-0.2, -0.15) is 0 Å². The molecule has 0 amide bonds. The maximum atomic E-state index is 7.44. The van der Waals surface area contributed by atoms with Crippen molar-refractivity contribution in [1.82, 2.24) is 4.90 Å². The smallest absolute Gasteiger partial charge is 0.108 e. The van der Waals surface area contributed by atoms with Crippen LogP contribution in [0.3, 0.4) is 0 Å². The maximum Gasteiger partial charge on any atom is 0.108 e. The van der Waals surface area contributed by atoms with Crippen LogP contribution in [0.5, 0.6) is 0 Å². The lowest BCUT2D eigenvalue weighted by atomic mass is 9.97. The van der Waals surface area contributed by atoms with Crippen LogP contribution in [0.2, 0.25) is 0 Å². The number of hydrogen-bond acceptors (Lipinski definition) is 2. The molecule has 114 valence electrons. The highest BCUT2D eigenvalue weighted by atomic mass is 16.5. The quantitative estimate of drug-likeness (QED) is 0.787. The number of hydrogen-bond donors (Lipinski definition) is 0. The molecule has 0 fully saturated rings. The van der Waals surface area contributed by atoms with Crippen LogP contribution in [-0.2, 0) is 4.74 Å². The third-order valence-electron chi connectivity index (χ3n) is 3.17. The second kappa shape index (κ2) is 8.60. The van der Waals surface area contributed by atoms with Gasteiger partial charge in [-0.3, -0.25) is 0 Å². The lowest BCUT2D eigenvalue weighted by molar-refractivity contribution is 0.0683. The highest BCUT2D eigenvalue weighted by Gasteiger charge is 2.16. The summed E-state index contributed by atoms with van der Waals surface area (Å²) in [5.41, 5.74) is 2.94. The van der Waals surface area contributed by atoms with E-state index >= 15 is 0 Å². The molecule has 1 unspecified atom stereocenters. The summed E-state index contributed by atoms with van der Waals surface area (Å²) < 4.78 is 50.6. The molecule has 0 aliphatic carbocycles. The maximum absolute atomic E-state index is 7.44. The number of aryl methyl sites for hydroxylation is 1. The minimum atomic E-state index is -2.71. The minimum absolute atomic E-state index is 0. The van der Waals surface area contributed by atoms with Gasteiger partial charge in [0.15, 0.2) is 0 Å². The summed E-state index contributed by atoms with van der Waals surface area (Å²) >= 11 is 0. The van der Waals surface area contributed by atoms with E-state index in [1.807, 2.05) is 61.5 Å². The van der Waals surface area contributed by atoms with Gasteiger partial charge < -0.3 is 9.64 Å². The van der Waals surface area contributed by atoms with E-state index < -0.39 is 20.1 Å². The number of rotatable bonds is 6. The molecular weight excluding hydrogens is 258 g/mol. The molecule has 0 N–H and O–H groups in total. The molecule has 0 heterocycles. The van der Waals surface area contributed by atoms with Crippen LogP contribution in [-0.4, -0.2) is 32.0 Å². The molecule has 2 heteroatoms. The summed E-state index contributed by atoms with van der Waals surface area (Å²) in [6.07, 6.45) is -0.396. The fraction of sp³-hybridized carbons (Fsp3) is 0.368. The summed E-state index contributed by atoms with van der Waals surface area (Å²) in [6, 6.07) is 17.4. The molecule has 0 aromatic heterocycles. The Morgan fingerprint density at radius 1 is 1.05 bits per heavy atom. The first-order valence-corrected chi connectivity index (χ1v) is 6.60. The first-order chi connectivity index (χ1) is 12.1. The van der Waals surface area contributed by atoms with E-state index in [0.29, 0.717) is 4.90 Å². The van der Waals surface area contributed by atoms with Gasteiger partial charge in [0.05, 0.1) is 6.61 Å². The molecule has 0 radical (unpaired) electrons. The molecule has 1 atom stereocenters. The van der Waals surface area contributed by atoms with Gasteiger partial charge in [-0.15, -0.1) is 0 Å². The SMILES string of the molecule is C.[2H]C([2H])([2H])N(CCOC(c1ccccc1)c1ccccc1C)C([2H])([2H])[2H]. The molecule has 2 aromatic carbocycles. The Hall–Kier alpha value is -1.64.